The summed E-state index contributed by atoms with van der Waals surface area (Å²) in [5.74, 6) is 6.85. The summed E-state index contributed by atoms with van der Waals surface area (Å²) in [6.07, 6.45) is 10.9. The third kappa shape index (κ3) is 3.10. The molecule has 2 rings (SSSR count). The summed E-state index contributed by atoms with van der Waals surface area (Å²) < 4.78 is 0. The maximum Gasteiger partial charge on any atom is 0.172 e. The summed E-state index contributed by atoms with van der Waals surface area (Å²) >= 11 is 5.84. The molecule has 0 amide bonds. The van der Waals surface area contributed by atoms with Crippen molar-refractivity contribution in [2.75, 3.05) is 5.88 Å². The smallest absolute Gasteiger partial charge is 0.122 e. The van der Waals surface area contributed by atoms with Gasteiger partial charge in [0, 0.05) is 5.88 Å². The van der Waals surface area contributed by atoms with Gasteiger partial charge in [0.1, 0.15) is 0 Å². The van der Waals surface area contributed by atoms with E-state index in [2.05, 4.69) is 25.9 Å². The Bertz CT molecular complexity index is 244. The van der Waals surface area contributed by atoms with Crippen molar-refractivity contribution >= 4 is 18.3 Å². The van der Waals surface area contributed by atoms with Gasteiger partial charge in [0.2, 0.25) is 0 Å². The lowest BCUT2D eigenvalue weighted by Gasteiger charge is -2.29. The minimum atomic E-state index is 0.679. The maximum atomic E-state index is 5.84. The number of alkyl halides is 1. The first-order chi connectivity index (χ1) is 8.24. The van der Waals surface area contributed by atoms with E-state index >= 15 is 0 Å². The molecule has 0 bridgehead atoms. The number of rotatable bonds is 4. The van der Waals surface area contributed by atoms with Crippen LogP contribution in [0, 0.1) is 11.8 Å². The Morgan fingerprint density at radius 1 is 1.00 bits per heavy atom. The Labute approximate surface area is 112 Å². The second kappa shape index (κ2) is 6.32. The molecule has 2 aliphatic rings. The first-order valence-corrected chi connectivity index (χ1v) is 8.00. The highest BCUT2D eigenvalue weighted by Gasteiger charge is 2.40. The predicted octanol–water partition coefficient (Wildman–Crippen LogP) is 5.20. The second-order valence-electron chi connectivity index (χ2n) is 6.30. The fraction of sp³-hybridized carbons (Fsp3) is 0.867. The molecule has 0 saturated heterocycles. The molecule has 0 aliphatic heterocycles. The van der Waals surface area contributed by atoms with Crippen molar-refractivity contribution in [1.82, 2.24) is 0 Å². The zero-order chi connectivity index (χ0) is 12.3. The van der Waals surface area contributed by atoms with Gasteiger partial charge in [-0.2, -0.15) is 0 Å². The van der Waals surface area contributed by atoms with E-state index in [9.17, 15) is 0 Å². The van der Waals surface area contributed by atoms with Crippen LogP contribution in [0.5, 0.6) is 0 Å². The number of halogens is 1. The molecule has 2 heteroatoms. The summed E-state index contributed by atoms with van der Waals surface area (Å²) in [5.41, 5.74) is 0. The maximum absolute atomic E-state index is 5.84. The summed E-state index contributed by atoms with van der Waals surface area (Å²) in [7, 11) is 0. The van der Waals surface area contributed by atoms with Crippen LogP contribution in [0.4, 0.5) is 0 Å². The largest absolute Gasteiger partial charge is 0.172 e. The van der Waals surface area contributed by atoms with E-state index in [1.54, 1.807) is 0 Å². The minimum absolute atomic E-state index is 0.679. The van der Waals surface area contributed by atoms with Gasteiger partial charge in [-0.15, -0.1) is 17.6 Å². The molecule has 4 atom stereocenters. The lowest BCUT2D eigenvalue weighted by Crippen LogP contribution is -2.28. The predicted molar refractivity (Wildman–Crippen MR) is 79.1 cm³/mol. The molecular formula is C15H26BCl. The highest BCUT2D eigenvalue weighted by molar-refractivity contribution is 6.67. The van der Waals surface area contributed by atoms with Gasteiger partial charge in [-0.1, -0.05) is 70.1 Å². The van der Waals surface area contributed by atoms with E-state index in [1.807, 2.05) is 0 Å². The monoisotopic (exact) mass is 252 g/mol. The lowest BCUT2D eigenvalue weighted by molar-refractivity contribution is 0.562. The average molecular weight is 253 g/mol. The molecule has 2 saturated carbocycles. The summed E-state index contributed by atoms with van der Waals surface area (Å²) in [6.45, 7) is 5.72. The Kier molecular flexibility index (Phi) is 5.03. The summed E-state index contributed by atoms with van der Waals surface area (Å²) in [4.78, 5) is 0. The van der Waals surface area contributed by atoms with E-state index in [4.69, 9.17) is 11.6 Å². The first kappa shape index (κ1) is 13.5. The van der Waals surface area contributed by atoms with Crippen molar-refractivity contribution < 1.29 is 0 Å². The number of allylic oxidation sites excluding steroid dienone is 1. The van der Waals surface area contributed by atoms with Gasteiger partial charge in [-0.05, 0) is 11.8 Å². The van der Waals surface area contributed by atoms with Crippen molar-refractivity contribution in [3.63, 3.8) is 0 Å². The molecule has 2 aliphatic carbocycles. The Balaban J connectivity index is 2.09. The highest BCUT2D eigenvalue weighted by Crippen LogP contribution is 2.48. The third-order valence-electron chi connectivity index (χ3n) is 5.29. The van der Waals surface area contributed by atoms with E-state index < -0.39 is 0 Å². The number of hydrogen-bond acceptors (Lipinski definition) is 0. The molecule has 0 nitrogen and oxygen atoms in total. The van der Waals surface area contributed by atoms with E-state index in [-0.39, 0.29) is 0 Å². The van der Waals surface area contributed by atoms with Crippen LogP contribution in [0.3, 0.4) is 0 Å². The highest BCUT2D eigenvalue weighted by atomic mass is 35.5. The summed E-state index contributed by atoms with van der Waals surface area (Å²) in [5, 5.41) is 0. The van der Waals surface area contributed by atoms with Crippen LogP contribution in [0.15, 0.2) is 12.1 Å². The van der Waals surface area contributed by atoms with Crippen LogP contribution in [0.1, 0.15) is 52.4 Å². The minimum Gasteiger partial charge on any atom is -0.122 e. The van der Waals surface area contributed by atoms with Crippen LogP contribution < -0.4 is 0 Å². The van der Waals surface area contributed by atoms with Crippen LogP contribution in [0.2, 0.25) is 11.6 Å². The van der Waals surface area contributed by atoms with Gasteiger partial charge in [0.05, 0.1) is 0 Å². The number of hydrogen-bond donors (Lipinski definition) is 0. The lowest BCUT2D eigenvalue weighted by atomic mass is 9.31. The summed E-state index contributed by atoms with van der Waals surface area (Å²) in [6, 6.07) is 0. The molecule has 0 unspecified atom stereocenters. The molecule has 96 valence electrons. The second-order valence-corrected chi connectivity index (χ2v) is 6.61. The first-order valence-electron chi connectivity index (χ1n) is 7.46. The van der Waals surface area contributed by atoms with Crippen LogP contribution >= 0.6 is 11.6 Å². The Morgan fingerprint density at radius 2 is 1.53 bits per heavy atom. The van der Waals surface area contributed by atoms with Gasteiger partial charge in [0.15, 0.2) is 6.71 Å². The van der Waals surface area contributed by atoms with Gasteiger partial charge < -0.3 is 0 Å². The molecule has 2 fully saturated rings. The van der Waals surface area contributed by atoms with Gasteiger partial charge in [0.25, 0.3) is 0 Å². The van der Waals surface area contributed by atoms with E-state index in [0.717, 1.165) is 30.2 Å². The average Bonchev–Trinajstić information content (AvgIpc) is 2.90. The quantitative estimate of drug-likeness (QED) is 0.477. The van der Waals surface area contributed by atoms with Crippen molar-refractivity contribution in [1.29, 1.82) is 0 Å². The molecule has 0 spiro atoms. The molecule has 0 radical (unpaired) electrons. The van der Waals surface area contributed by atoms with E-state index in [0.29, 0.717) is 5.88 Å². The Morgan fingerprint density at radius 3 is 1.88 bits per heavy atom. The zero-order valence-corrected chi connectivity index (χ0v) is 12.1. The molecule has 0 N–H and O–H groups in total. The van der Waals surface area contributed by atoms with Gasteiger partial charge in [-0.3, -0.25) is 0 Å². The van der Waals surface area contributed by atoms with Crippen LogP contribution in [0.25, 0.3) is 0 Å². The fourth-order valence-corrected chi connectivity index (χ4v) is 4.41. The fourth-order valence-electron chi connectivity index (χ4n) is 4.30. The normalized spacial score (nSPS) is 38.1. The standard InChI is InChI=1S/C15H26BCl/c1-12-6-3-8-14(12)16(10-5-11-17)15-9-4-7-13(15)2/h5,10,12-15H,3-4,6-9,11H2,1-2H3/b10-5+/t12-,13-,14-,15-/m1/s1. The van der Waals surface area contributed by atoms with Crippen LogP contribution in [-0.2, 0) is 0 Å². The van der Waals surface area contributed by atoms with Crippen LogP contribution in [-0.4, -0.2) is 12.6 Å². The molecule has 17 heavy (non-hydrogen) atoms. The molecule has 0 aromatic heterocycles. The van der Waals surface area contributed by atoms with Crippen molar-refractivity contribution in [2.24, 2.45) is 11.8 Å². The van der Waals surface area contributed by atoms with E-state index in [1.165, 1.54) is 38.5 Å². The van der Waals surface area contributed by atoms with Crippen molar-refractivity contribution in [3.8, 4) is 0 Å². The molecular weight excluding hydrogens is 226 g/mol. The zero-order valence-electron chi connectivity index (χ0n) is 11.4. The van der Waals surface area contributed by atoms with Gasteiger partial charge in [-0.25, -0.2) is 0 Å². The topological polar surface area (TPSA) is 0 Å². The van der Waals surface area contributed by atoms with Gasteiger partial charge >= 0.3 is 0 Å². The molecule has 0 aromatic rings. The third-order valence-corrected chi connectivity index (χ3v) is 5.47. The molecule has 0 heterocycles. The van der Waals surface area contributed by atoms with Crippen molar-refractivity contribution in [2.45, 2.75) is 64.0 Å². The SMILES string of the molecule is C[C@@H]1CCC[C@H]1B(/C=C/CCl)[C@@H]1CCC[C@H]1C. The van der Waals surface area contributed by atoms with Crippen molar-refractivity contribution in [3.05, 3.63) is 12.1 Å². The Hall–Kier alpha value is 0.0949. The molecule has 0 aromatic carbocycles.